The molecule has 8 heteroatoms. The van der Waals surface area contributed by atoms with Gasteiger partial charge in [-0.25, -0.2) is 8.78 Å². The third-order valence-corrected chi connectivity index (χ3v) is 8.46. The van der Waals surface area contributed by atoms with Gasteiger partial charge in [0.1, 0.15) is 17.3 Å². The van der Waals surface area contributed by atoms with Gasteiger partial charge < -0.3 is 5.32 Å². The molecule has 1 unspecified atom stereocenters. The van der Waals surface area contributed by atoms with Crippen LogP contribution in [0.2, 0.25) is 0 Å². The molecule has 4 nitrogen and oxygen atoms in total. The van der Waals surface area contributed by atoms with E-state index in [1.54, 1.807) is 29.5 Å². The maximum absolute atomic E-state index is 14.0. The summed E-state index contributed by atoms with van der Waals surface area (Å²) in [5.74, 6) is -0.801. The van der Waals surface area contributed by atoms with Crippen molar-refractivity contribution in [3.05, 3.63) is 68.9 Å². The quantitative estimate of drug-likeness (QED) is 0.279. The number of nitriles is 2. The highest BCUT2D eigenvalue weighted by Crippen LogP contribution is 2.59. The first-order valence-corrected chi connectivity index (χ1v) is 11.0. The van der Waals surface area contributed by atoms with Crippen LogP contribution in [0.1, 0.15) is 26.8 Å². The summed E-state index contributed by atoms with van der Waals surface area (Å²) in [7, 11) is 0. The molecular weight excluding hydrogens is 434 g/mol. The van der Waals surface area contributed by atoms with Crippen LogP contribution in [-0.4, -0.2) is 12.3 Å². The van der Waals surface area contributed by atoms with Gasteiger partial charge in [-0.05, 0) is 41.0 Å². The highest BCUT2D eigenvalue weighted by Gasteiger charge is 2.38. The summed E-state index contributed by atoms with van der Waals surface area (Å²) in [5.41, 5.74) is 5.84. The fraction of sp³-hybridized carbons (Fsp3) is 0.0870. The topological polar surface area (TPSA) is 72.0 Å². The third kappa shape index (κ3) is 2.37. The van der Waals surface area contributed by atoms with Gasteiger partial charge in [0.2, 0.25) is 6.19 Å². The molecule has 1 N–H and O–H groups in total. The predicted molar refractivity (Wildman–Crippen MR) is 117 cm³/mol. The molecule has 2 aliphatic carbocycles. The fourth-order valence-corrected chi connectivity index (χ4v) is 7.68. The van der Waals surface area contributed by atoms with E-state index in [1.807, 2.05) is 12.4 Å². The third-order valence-electron chi connectivity index (χ3n) is 5.79. The van der Waals surface area contributed by atoms with Gasteiger partial charge >= 0.3 is 0 Å². The lowest BCUT2D eigenvalue weighted by Crippen LogP contribution is -2.15. The number of nitrogens with one attached hydrogen (secondary N) is 1. The molecule has 2 aliphatic rings. The van der Waals surface area contributed by atoms with E-state index in [9.17, 15) is 14.0 Å². The minimum Gasteiger partial charge on any atom is -0.323 e. The van der Waals surface area contributed by atoms with Gasteiger partial charge in [-0.1, -0.05) is 12.1 Å². The van der Waals surface area contributed by atoms with Crippen molar-refractivity contribution in [1.29, 1.82) is 10.5 Å². The second kappa shape index (κ2) is 6.45. The SMILES string of the molecule is N#C/N=C1\c2cc(F)ccc2-c2c1sc1c3c(sc21)C(CNC#N)c1cc(F)ccc1-3. The number of fused-ring (bicyclic) bond motifs is 9. The molecule has 0 amide bonds. The van der Waals surface area contributed by atoms with Crippen molar-refractivity contribution < 1.29 is 8.78 Å². The molecule has 1 atom stereocenters. The highest BCUT2D eigenvalue weighted by atomic mass is 32.1. The summed E-state index contributed by atoms with van der Waals surface area (Å²) in [5, 5.41) is 20.9. The Hall–Kier alpha value is -3.59. The van der Waals surface area contributed by atoms with Crippen LogP contribution >= 0.6 is 22.7 Å². The van der Waals surface area contributed by atoms with Crippen LogP contribution in [0.15, 0.2) is 41.4 Å². The van der Waals surface area contributed by atoms with Crippen LogP contribution in [0.3, 0.4) is 0 Å². The molecule has 2 heterocycles. The lowest BCUT2D eigenvalue weighted by molar-refractivity contribution is 0.623. The second-order valence-electron chi connectivity index (χ2n) is 7.33. The van der Waals surface area contributed by atoms with Crippen molar-refractivity contribution in [2.24, 2.45) is 4.99 Å². The van der Waals surface area contributed by atoms with Crippen molar-refractivity contribution in [1.82, 2.24) is 5.32 Å². The van der Waals surface area contributed by atoms with Crippen LogP contribution in [-0.2, 0) is 0 Å². The minimum absolute atomic E-state index is 0.123. The van der Waals surface area contributed by atoms with E-state index in [2.05, 4.69) is 10.3 Å². The van der Waals surface area contributed by atoms with Gasteiger partial charge in [0.15, 0.2) is 6.19 Å². The van der Waals surface area contributed by atoms with Gasteiger partial charge in [0.25, 0.3) is 0 Å². The number of hydrogen-bond donors (Lipinski definition) is 1. The molecule has 0 saturated carbocycles. The average molecular weight is 444 g/mol. The number of hydrogen-bond acceptors (Lipinski definition) is 6. The van der Waals surface area contributed by atoms with Crippen LogP contribution < -0.4 is 5.32 Å². The summed E-state index contributed by atoms with van der Waals surface area (Å²) in [6, 6.07) is 9.36. The van der Waals surface area contributed by atoms with E-state index < -0.39 is 0 Å². The van der Waals surface area contributed by atoms with E-state index in [4.69, 9.17) is 5.26 Å². The van der Waals surface area contributed by atoms with Gasteiger partial charge in [-0.3, -0.25) is 0 Å². The summed E-state index contributed by atoms with van der Waals surface area (Å²) in [6.07, 6.45) is 3.81. The molecule has 2 aromatic heterocycles. The number of halogens is 2. The zero-order valence-electron chi connectivity index (χ0n) is 15.7. The molecule has 0 aliphatic heterocycles. The number of thiophene rings is 2. The molecular formula is C23H10F2N4S2. The number of nitrogens with zero attached hydrogens (tertiary/aromatic N) is 3. The monoisotopic (exact) mass is 444 g/mol. The zero-order chi connectivity index (χ0) is 21.3. The summed E-state index contributed by atoms with van der Waals surface area (Å²) >= 11 is 3.14. The number of benzene rings is 2. The largest absolute Gasteiger partial charge is 0.323 e. The molecule has 148 valence electrons. The van der Waals surface area contributed by atoms with E-state index in [0.717, 1.165) is 47.0 Å². The molecule has 0 radical (unpaired) electrons. The molecule has 4 aromatic rings. The first kappa shape index (κ1) is 18.2. The molecule has 31 heavy (non-hydrogen) atoms. The first-order valence-electron chi connectivity index (χ1n) is 9.40. The van der Waals surface area contributed by atoms with Crippen molar-refractivity contribution >= 4 is 37.8 Å². The van der Waals surface area contributed by atoms with Gasteiger partial charge in [0, 0.05) is 34.0 Å². The second-order valence-corrected chi connectivity index (χ2v) is 9.41. The minimum atomic E-state index is -0.372. The van der Waals surface area contributed by atoms with E-state index in [-0.39, 0.29) is 17.6 Å². The summed E-state index contributed by atoms with van der Waals surface area (Å²) < 4.78 is 30.0. The molecule has 0 spiro atoms. The standard InChI is InChI=1S/C23H10F2N4S2/c24-10-1-3-12-14(5-10)16(7-28-8-26)20-17(12)22-23(30-20)18-13-4-2-11(25)6-15(13)19(29-9-27)21(18)31-22/h1-6,16,28H,7H2/b29-19+. The Kier molecular flexibility index (Phi) is 3.79. The van der Waals surface area contributed by atoms with E-state index >= 15 is 0 Å². The Morgan fingerprint density at radius 3 is 2.45 bits per heavy atom. The maximum Gasteiger partial charge on any atom is 0.206 e. The van der Waals surface area contributed by atoms with Crippen molar-refractivity contribution in [2.75, 3.05) is 6.54 Å². The van der Waals surface area contributed by atoms with E-state index in [1.165, 1.54) is 29.5 Å². The van der Waals surface area contributed by atoms with E-state index in [0.29, 0.717) is 17.8 Å². The number of rotatable bonds is 2. The molecule has 2 aromatic carbocycles. The van der Waals surface area contributed by atoms with Crippen molar-refractivity contribution in [2.45, 2.75) is 5.92 Å². The smallest absolute Gasteiger partial charge is 0.206 e. The first-order chi connectivity index (χ1) is 15.1. The maximum atomic E-state index is 14.0. The molecule has 6 rings (SSSR count). The molecule has 0 bridgehead atoms. The van der Waals surface area contributed by atoms with Gasteiger partial charge in [-0.15, -0.1) is 22.7 Å². The Morgan fingerprint density at radius 2 is 1.68 bits per heavy atom. The van der Waals surface area contributed by atoms with Crippen LogP contribution in [0.25, 0.3) is 31.7 Å². The van der Waals surface area contributed by atoms with Crippen LogP contribution in [0.5, 0.6) is 0 Å². The van der Waals surface area contributed by atoms with Crippen LogP contribution in [0.4, 0.5) is 8.78 Å². The highest BCUT2D eigenvalue weighted by molar-refractivity contribution is 7.31. The number of aliphatic imine (C=N–C) groups is 1. The Balaban J connectivity index is 1.66. The van der Waals surface area contributed by atoms with Gasteiger partial charge in [-0.2, -0.15) is 15.5 Å². The molecule has 0 saturated heterocycles. The van der Waals surface area contributed by atoms with Crippen molar-refractivity contribution in [3.63, 3.8) is 0 Å². The predicted octanol–water partition coefficient (Wildman–Crippen LogP) is 5.72. The Morgan fingerprint density at radius 1 is 0.935 bits per heavy atom. The lowest BCUT2D eigenvalue weighted by Gasteiger charge is -2.11. The lowest BCUT2D eigenvalue weighted by atomic mass is 10.0. The van der Waals surface area contributed by atoms with Crippen LogP contribution in [0, 0.1) is 34.5 Å². The fourth-order valence-electron chi connectivity index (χ4n) is 4.62. The summed E-state index contributed by atoms with van der Waals surface area (Å²) in [4.78, 5) is 5.94. The zero-order valence-corrected chi connectivity index (χ0v) is 17.3. The average Bonchev–Trinajstić information content (AvgIpc) is 3.44. The molecule has 0 fully saturated rings. The summed E-state index contributed by atoms with van der Waals surface area (Å²) in [6.45, 7) is 0.388. The van der Waals surface area contributed by atoms with Crippen molar-refractivity contribution in [3.8, 4) is 34.6 Å². The van der Waals surface area contributed by atoms with Gasteiger partial charge in [0.05, 0.1) is 14.3 Å². The Labute approximate surface area is 183 Å². The Bertz CT molecular complexity index is 1550. The normalized spacial score (nSPS) is 16.5.